The first-order valence-electron chi connectivity index (χ1n) is 12.7. The van der Waals surface area contributed by atoms with Crippen LogP contribution in [0.4, 0.5) is 0 Å². The standard InChI is InChI=1S/C26H39N5O6/c1-17(2)12-20(24(35)28-10-7-11-31-23(34)13-18(3)26(31)37)30-25(36)21(29-22(33)15-27-16-32)14-19-8-5-4-6-9-19/h4-6,8-9,16-18,20-22,29,33H,7,10-15H2,1-3H3,(H,27,32)(H,28,35)(H,30,36)/t18-,20+,21+,22?/m1/s1. The van der Waals surface area contributed by atoms with E-state index in [9.17, 15) is 29.1 Å². The number of aliphatic hydroxyl groups is 1. The van der Waals surface area contributed by atoms with Crippen molar-refractivity contribution in [3.8, 4) is 0 Å². The van der Waals surface area contributed by atoms with Gasteiger partial charge in [0.25, 0.3) is 0 Å². The number of rotatable bonds is 16. The second-order valence-corrected chi connectivity index (χ2v) is 9.77. The lowest BCUT2D eigenvalue weighted by Crippen LogP contribution is -2.56. The van der Waals surface area contributed by atoms with Crippen molar-refractivity contribution in [1.82, 2.24) is 26.2 Å². The summed E-state index contributed by atoms with van der Waals surface area (Å²) in [6, 6.07) is 7.57. The third kappa shape index (κ3) is 9.93. The molecule has 1 unspecified atom stereocenters. The Bertz CT molecular complexity index is 925. The number of imide groups is 1. The van der Waals surface area contributed by atoms with E-state index in [2.05, 4.69) is 21.3 Å². The molecule has 37 heavy (non-hydrogen) atoms. The minimum atomic E-state index is -1.17. The van der Waals surface area contributed by atoms with Crippen LogP contribution in [-0.4, -0.2) is 78.0 Å². The molecular formula is C26H39N5O6. The maximum absolute atomic E-state index is 13.2. The van der Waals surface area contributed by atoms with Crippen LogP contribution < -0.4 is 21.3 Å². The van der Waals surface area contributed by atoms with Gasteiger partial charge in [-0.3, -0.25) is 34.2 Å². The summed E-state index contributed by atoms with van der Waals surface area (Å²) < 4.78 is 0. The smallest absolute Gasteiger partial charge is 0.242 e. The van der Waals surface area contributed by atoms with Gasteiger partial charge in [0.05, 0.1) is 12.6 Å². The van der Waals surface area contributed by atoms with Crippen LogP contribution in [0.3, 0.4) is 0 Å². The summed E-state index contributed by atoms with van der Waals surface area (Å²) in [5.74, 6) is -1.41. The van der Waals surface area contributed by atoms with Crippen LogP contribution in [0.2, 0.25) is 0 Å². The largest absolute Gasteiger partial charge is 0.377 e. The van der Waals surface area contributed by atoms with E-state index in [1.807, 2.05) is 44.2 Å². The lowest BCUT2D eigenvalue weighted by Gasteiger charge is -2.26. The minimum Gasteiger partial charge on any atom is -0.377 e. The van der Waals surface area contributed by atoms with E-state index in [1.54, 1.807) is 6.92 Å². The molecule has 0 spiro atoms. The highest BCUT2D eigenvalue weighted by atomic mass is 16.3. The van der Waals surface area contributed by atoms with Gasteiger partial charge >= 0.3 is 0 Å². The number of nitrogens with zero attached hydrogens (tertiary/aromatic N) is 1. The Kier molecular flexibility index (Phi) is 12.2. The van der Waals surface area contributed by atoms with Crippen molar-refractivity contribution in [1.29, 1.82) is 0 Å². The highest BCUT2D eigenvalue weighted by molar-refractivity contribution is 6.03. The van der Waals surface area contributed by atoms with E-state index in [0.717, 1.165) is 5.56 Å². The van der Waals surface area contributed by atoms with Crippen LogP contribution in [0.1, 0.15) is 45.6 Å². The van der Waals surface area contributed by atoms with Gasteiger partial charge in [0.15, 0.2) is 0 Å². The fourth-order valence-electron chi connectivity index (χ4n) is 4.16. The number of aliphatic hydroxyl groups excluding tert-OH is 1. The van der Waals surface area contributed by atoms with Gasteiger partial charge in [0, 0.05) is 25.4 Å². The van der Waals surface area contributed by atoms with Crippen molar-refractivity contribution in [3.63, 3.8) is 0 Å². The molecule has 1 aromatic carbocycles. The molecule has 1 fully saturated rings. The molecular weight excluding hydrogens is 478 g/mol. The van der Waals surface area contributed by atoms with Gasteiger partial charge in [-0.05, 0) is 30.7 Å². The lowest BCUT2D eigenvalue weighted by molar-refractivity contribution is -0.139. The van der Waals surface area contributed by atoms with Crippen LogP contribution in [0.25, 0.3) is 0 Å². The quantitative estimate of drug-likeness (QED) is 0.0871. The molecule has 204 valence electrons. The Morgan fingerprint density at radius 1 is 1.14 bits per heavy atom. The van der Waals surface area contributed by atoms with Gasteiger partial charge in [-0.1, -0.05) is 51.1 Å². The normalized spacial score (nSPS) is 17.9. The lowest BCUT2D eigenvalue weighted by atomic mass is 10.0. The monoisotopic (exact) mass is 517 g/mol. The van der Waals surface area contributed by atoms with E-state index in [-0.39, 0.29) is 62.0 Å². The van der Waals surface area contributed by atoms with Gasteiger partial charge in [0.1, 0.15) is 12.3 Å². The van der Waals surface area contributed by atoms with E-state index >= 15 is 0 Å². The third-order valence-electron chi connectivity index (χ3n) is 6.05. The summed E-state index contributed by atoms with van der Waals surface area (Å²) in [7, 11) is 0. The van der Waals surface area contributed by atoms with Crippen LogP contribution in [0, 0.1) is 11.8 Å². The van der Waals surface area contributed by atoms with Crippen molar-refractivity contribution in [3.05, 3.63) is 35.9 Å². The fraction of sp³-hybridized carbons (Fsp3) is 0.577. The molecule has 11 nitrogen and oxygen atoms in total. The number of hydrogen-bond acceptors (Lipinski definition) is 7. The Morgan fingerprint density at radius 2 is 1.84 bits per heavy atom. The Balaban J connectivity index is 1.99. The van der Waals surface area contributed by atoms with Crippen LogP contribution in [0.15, 0.2) is 30.3 Å². The average molecular weight is 518 g/mol. The van der Waals surface area contributed by atoms with Crippen molar-refractivity contribution >= 4 is 30.0 Å². The summed E-state index contributed by atoms with van der Waals surface area (Å²) in [6.07, 6.45) is 0.567. The number of carbonyl (C=O) groups is 5. The van der Waals surface area contributed by atoms with E-state index in [0.29, 0.717) is 19.3 Å². The van der Waals surface area contributed by atoms with E-state index in [4.69, 9.17) is 0 Å². The topological polar surface area (TPSA) is 157 Å². The van der Waals surface area contributed by atoms with Crippen molar-refractivity contribution in [2.24, 2.45) is 11.8 Å². The average Bonchev–Trinajstić information content (AvgIpc) is 3.10. The zero-order chi connectivity index (χ0) is 27.4. The summed E-state index contributed by atoms with van der Waals surface area (Å²) in [5.41, 5.74) is 0.857. The maximum atomic E-state index is 13.2. The molecule has 2 rings (SSSR count). The molecule has 5 amide bonds. The molecule has 0 aromatic heterocycles. The Labute approximate surface area is 217 Å². The van der Waals surface area contributed by atoms with Crippen LogP contribution in [0.5, 0.6) is 0 Å². The minimum absolute atomic E-state index is 0.0845. The first-order chi connectivity index (χ1) is 17.6. The highest BCUT2D eigenvalue weighted by Gasteiger charge is 2.35. The summed E-state index contributed by atoms with van der Waals surface area (Å²) >= 11 is 0. The molecule has 0 saturated carbocycles. The zero-order valence-corrected chi connectivity index (χ0v) is 21.7. The molecule has 1 saturated heterocycles. The van der Waals surface area contributed by atoms with E-state index in [1.165, 1.54) is 4.90 Å². The van der Waals surface area contributed by atoms with Crippen molar-refractivity contribution in [2.45, 2.75) is 64.8 Å². The predicted octanol–water partition coefficient (Wildman–Crippen LogP) is -0.316. The van der Waals surface area contributed by atoms with Crippen LogP contribution >= 0.6 is 0 Å². The summed E-state index contributed by atoms with van der Waals surface area (Å²) in [5, 5.41) is 21.0. The van der Waals surface area contributed by atoms with Gasteiger partial charge in [-0.2, -0.15) is 0 Å². The van der Waals surface area contributed by atoms with Gasteiger partial charge in [0.2, 0.25) is 30.0 Å². The Hall–Kier alpha value is -3.31. The van der Waals surface area contributed by atoms with Gasteiger partial charge in [-0.25, -0.2) is 0 Å². The summed E-state index contributed by atoms with van der Waals surface area (Å²) in [4.78, 5) is 61.9. The molecule has 0 bridgehead atoms. The summed E-state index contributed by atoms with van der Waals surface area (Å²) in [6.45, 7) is 5.99. The number of likely N-dealkylation sites (tertiary alicyclic amines) is 1. The molecule has 4 atom stereocenters. The van der Waals surface area contributed by atoms with Crippen molar-refractivity contribution < 1.29 is 29.1 Å². The Morgan fingerprint density at radius 3 is 2.43 bits per heavy atom. The fourth-order valence-corrected chi connectivity index (χ4v) is 4.16. The van der Waals surface area contributed by atoms with Crippen molar-refractivity contribution in [2.75, 3.05) is 19.6 Å². The number of nitrogens with one attached hydrogen (secondary N) is 4. The second-order valence-electron chi connectivity index (χ2n) is 9.77. The number of hydrogen-bond donors (Lipinski definition) is 5. The highest BCUT2D eigenvalue weighted by Crippen LogP contribution is 2.18. The molecule has 0 aliphatic carbocycles. The first kappa shape index (κ1) is 29.9. The molecule has 1 aliphatic heterocycles. The maximum Gasteiger partial charge on any atom is 0.242 e. The van der Waals surface area contributed by atoms with Crippen LogP contribution in [-0.2, 0) is 30.4 Å². The first-order valence-corrected chi connectivity index (χ1v) is 12.7. The molecule has 1 aromatic rings. The molecule has 11 heteroatoms. The second kappa shape index (κ2) is 15.1. The molecule has 0 radical (unpaired) electrons. The number of benzene rings is 1. The van der Waals surface area contributed by atoms with Gasteiger partial charge < -0.3 is 21.1 Å². The van der Waals surface area contributed by atoms with Gasteiger partial charge in [-0.15, -0.1) is 0 Å². The molecule has 5 N–H and O–H groups in total. The molecule has 1 aliphatic rings. The number of carbonyl (C=O) groups excluding carboxylic acids is 5. The molecule has 1 heterocycles. The zero-order valence-electron chi connectivity index (χ0n) is 21.7. The number of amides is 5. The predicted molar refractivity (Wildman–Crippen MR) is 137 cm³/mol. The SMILES string of the molecule is CC(C)C[C@H](NC(=O)[C@H](Cc1ccccc1)NC(O)CNC=O)C(=O)NCCCN1C(=O)C[C@@H](C)C1=O. The van der Waals surface area contributed by atoms with E-state index < -0.39 is 24.2 Å². The third-order valence-corrected chi connectivity index (χ3v) is 6.05.